The summed E-state index contributed by atoms with van der Waals surface area (Å²) in [5.74, 6) is 1.05. The van der Waals surface area contributed by atoms with Gasteiger partial charge in [0.2, 0.25) is 0 Å². The SMILES string of the molecule is CC(Cn1ccnc1)Nc1cccc2nccn12. The van der Waals surface area contributed by atoms with Crippen molar-refractivity contribution in [2.45, 2.75) is 19.5 Å². The Balaban J connectivity index is 1.77. The summed E-state index contributed by atoms with van der Waals surface area (Å²) in [7, 11) is 0. The van der Waals surface area contributed by atoms with Crippen molar-refractivity contribution in [3.8, 4) is 0 Å². The van der Waals surface area contributed by atoms with Crippen LogP contribution in [0.15, 0.2) is 49.3 Å². The molecule has 0 saturated carbocycles. The van der Waals surface area contributed by atoms with E-state index in [9.17, 15) is 0 Å². The predicted molar refractivity (Wildman–Crippen MR) is 70.5 cm³/mol. The number of imidazole rings is 2. The van der Waals surface area contributed by atoms with Crippen molar-refractivity contribution >= 4 is 11.5 Å². The maximum absolute atomic E-state index is 4.27. The molecule has 0 aliphatic carbocycles. The van der Waals surface area contributed by atoms with Gasteiger partial charge in [-0.05, 0) is 19.1 Å². The van der Waals surface area contributed by atoms with Crippen LogP contribution in [0.3, 0.4) is 0 Å². The molecular weight excluding hydrogens is 226 g/mol. The molecule has 3 aromatic rings. The van der Waals surface area contributed by atoms with Crippen LogP contribution >= 0.6 is 0 Å². The highest BCUT2D eigenvalue weighted by Crippen LogP contribution is 2.12. The summed E-state index contributed by atoms with van der Waals surface area (Å²) in [4.78, 5) is 8.31. The van der Waals surface area contributed by atoms with Crippen LogP contribution < -0.4 is 5.32 Å². The summed E-state index contributed by atoms with van der Waals surface area (Å²) >= 11 is 0. The van der Waals surface area contributed by atoms with Crippen LogP contribution in [0, 0.1) is 0 Å². The van der Waals surface area contributed by atoms with Gasteiger partial charge in [0.25, 0.3) is 0 Å². The summed E-state index contributed by atoms with van der Waals surface area (Å²) < 4.78 is 4.11. The van der Waals surface area contributed by atoms with Crippen molar-refractivity contribution in [3.63, 3.8) is 0 Å². The molecular formula is C13H15N5. The molecule has 3 rings (SSSR count). The Morgan fingerprint density at radius 3 is 3.06 bits per heavy atom. The average Bonchev–Trinajstić information content (AvgIpc) is 2.99. The quantitative estimate of drug-likeness (QED) is 0.760. The Kier molecular flexibility index (Phi) is 2.72. The first-order chi connectivity index (χ1) is 8.83. The molecule has 1 atom stereocenters. The molecule has 0 aliphatic heterocycles. The van der Waals surface area contributed by atoms with Crippen molar-refractivity contribution < 1.29 is 0 Å². The maximum Gasteiger partial charge on any atom is 0.138 e. The summed E-state index contributed by atoms with van der Waals surface area (Å²) in [5.41, 5.74) is 0.954. The fourth-order valence-electron chi connectivity index (χ4n) is 2.07. The second kappa shape index (κ2) is 4.52. The third-order valence-electron chi connectivity index (χ3n) is 2.87. The van der Waals surface area contributed by atoms with Gasteiger partial charge in [0.15, 0.2) is 0 Å². The second-order valence-electron chi connectivity index (χ2n) is 4.37. The van der Waals surface area contributed by atoms with E-state index in [1.54, 1.807) is 12.4 Å². The van der Waals surface area contributed by atoms with Crippen LogP contribution in [0.1, 0.15) is 6.92 Å². The highest BCUT2D eigenvalue weighted by atomic mass is 15.1. The van der Waals surface area contributed by atoms with Crippen molar-refractivity contribution in [1.29, 1.82) is 0 Å². The molecule has 3 aromatic heterocycles. The van der Waals surface area contributed by atoms with E-state index >= 15 is 0 Å². The monoisotopic (exact) mass is 241 g/mol. The fourth-order valence-corrected chi connectivity index (χ4v) is 2.07. The Morgan fingerprint density at radius 1 is 1.28 bits per heavy atom. The minimum Gasteiger partial charge on any atom is -0.367 e. The van der Waals surface area contributed by atoms with Gasteiger partial charge >= 0.3 is 0 Å². The highest BCUT2D eigenvalue weighted by molar-refractivity contribution is 5.50. The van der Waals surface area contributed by atoms with E-state index in [4.69, 9.17) is 0 Å². The van der Waals surface area contributed by atoms with E-state index in [2.05, 4.69) is 32.8 Å². The van der Waals surface area contributed by atoms with Gasteiger partial charge in [0.1, 0.15) is 11.5 Å². The van der Waals surface area contributed by atoms with Crippen LogP contribution in [0.5, 0.6) is 0 Å². The summed E-state index contributed by atoms with van der Waals surface area (Å²) in [6.07, 6.45) is 9.36. The number of rotatable bonds is 4. The minimum absolute atomic E-state index is 0.312. The average molecular weight is 241 g/mol. The van der Waals surface area contributed by atoms with Crippen LogP contribution in [-0.2, 0) is 6.54 Å². The normalized spacial score (nSPS) is 12.7. The third kappa shape index (κ3) is 2.07. The standard InChI is InChI=1S/C13H15N5/c1-11(9-17-7-5-14-10-17)16-13-4-2-3-12-15-6-8-18(12)13/h2-8,10-11,16H,9H2,1H3. The van der Waals surface area contributed by atoms with Crippen LogP contribution in [0.25, 0.3) is 5.65 Å². The van der Waals surface area contributed by atoms with Gasteiger partial charge in [-0.2, -0.15) is 0 Å². The van der Waals surface area contributed by atoms with Gasteiger partial charge < -0.3 is 9.88 Å². The molecule has 18 heavy (non-hydrogen) atoms. The van der Waals surface area contributed by atoms with Gasteiger partial charge in [0.05, 0.1) is 6.33 Å². The van der Waals surface area contributed by atoms with E-state index in [-0.39, 0.29) is 0 Å². The lowest BCUT2D eigenvalue weighted by Crippen LogP contribution is -2.22. The largest absolute Gasteiger partial charge is 0.367 e. The van der Waals surface area contributed by atoms with Crippen molar-refractivity contribution in [1.82, 2.24) is 18.9 Å². The molecule has 1 unspecified atom stereocenters. The van der Waals surface area contributed by atoms with E-state index < -0.39 is 0 Å². The number of anilines is 1. The van der Waals surface area contributed by atoms with Crippen molar-refractivity contribution in [2.75, 3.05) is 5.32 Å². The van der Waals surface area contributed by atoms with E-state index in [1.807, 2.05) is 35.3 Å². The third-order valence-corrected chi connectivity index (χ3v) is 2.87. The van der Waals surface area contributed by atoms with E-state index in [1.165, 1.54) is 0 Å². The van der Waals surface area contributed by atoms with Gasteiger partial charge in [-0.25, -0.2) is 9.97 Å². The maximum atomic E-state index is 4.27. The molecule has 0 fully saturated rings. The molecule has 0 spiro atoms. The van der Waals surface area contributed by atoms with Crippen LogP contribution in [0.4, 0.5) is 5.82 Å². The molecule has 0 aliphatic rings. The van der Waals surface area contributed by atoms with E-state index in [0.29, 0.717) is 6.04 Å². The molecule has 5 heteroatoms. The molecule has 0 amide bonds. The Hall–Kier alpha value is -2.30. The number of hydrogen-bond acceptors (Lipinski definition) is 3. The zero-order chi connectivity index (χ0) is 12.4. The van der Waals surface area contributed by atoms with E-state index in [0.717, 1.165) is 18.0 Å². The van der Waals surface area contributed by atoms with Crippen molar-refractivity contribution in [2.24, 2.45) is 0 Å². The first-order valence-electron chi connectivity index (χ1n) is 5.97. The molecule has 0 saturated heterocycles. The molecule has 5 nitrogen and oxygen atoms in total. The minimum atomic E-state index is 0.312. The number of nitrogens with zero attached hydrogens (tertiary/aromatic N) is 4. The lowest BCUT2D eigenvalue weighted by atomic mass is 10.3. The molecule has 0 aromatic carbocycles. The number of pyridine rings is 1. The number of aromatic nitrogens is 4. The number of nitrogens with one attached hydrogen (secondary N) is 1. The lowest BCUT2D eigenvalue weighted by Gasteiger charge is -2.16. The van der Waals surface area contributed by atoms with Crippen molar-refractivity contribution in [3.05, 3.63) is 49.3 Å². The Labute approximate surface area is 105 Å². The van der Waals surface area contributed by atoms with Crippen LogP contribution in [-0.4, -0.2) is 25.0 Å². The first-order valence-corrected chi connectivity index (χ1v) is 5.97. The molecule has 3 heterocycles. The molecule has 0 bridgehead atoms. The fraction of sp³-hybridized carbons (Fsp3) is 0.231. The van der Waals surface area contributed by atoms with Gasteiger partial charge in [-0.1, -0.05) is 6.07 Å². The smallest absolute Gasteiger partial charge is 0.138 e. The number of hydrogen-bond donors (Lipinski definition) is 1. The summed E-state index contributed by atoms with van der Waals surface area (Å²) in [6.45, 7) is 3.03. The first kappa shape index (κ1) is 10.8. The summed E-state index contributed by atoms with van der Waals surface area (Å²) in [5, 5.41) is 3.48. The topological polar surface area (TPSA) is 47.2 Å². The number of fused-ring (bicyclic) bond motifs is 1. The molecule has 0 radical (unpaired) electrons. The lowest BCUT2D eigenvalue weighted by molar-refractivity contribution is 0.616. The highest BCUT2D eigenvalue weighted by Gasteiger charge is 2.05. The van der Waals surface area contributed by atoms with Gasteiger partial charge in [0, 0.05) is 37.4 Å². The summed E-state index contributed by atoms with van der Waals surface area (Å²) in [6, 6.07) is 6.37. The Morgan fingerprint density at radius 2 is 2.22 bits per heavy atom. The predicted octanol–water partition coefficient (Wildman–Crippen LogP) is 2.03. The molecule has 1 N–H and O–H groups in total. The molecule has 92 valence electrons. The zero-order valence-corrected chi connectivity index (χ0v) is 10.2. The zero-order valence-electron chi connectivity index (χ0n) is 10.2. The van der Waals surface area contributed by atoms with Gasteiger partial charge in [-0.15, -0.1) is 0 Å². The Bertz CT molecular complexity index is 626. The van der Waals surface area contributed by atoms with Crippen LogP contribution in [0.2, 0.25) is 0 Å². The van der Waals surface area contributed by atoms with Gasteiger partial charge in [-0.3, -0.25) is 4.40 Å². The second-order valence-corrected chi connectivity index (χ2v) is 4.37.